The molecule has 1 N–H and O–H groups in total. The number of hydrogen-bond acceptors (Lipinski definition) is 2. The van der Waals surface area contributed by atoms with Gasteiger partial charge in [-0.05, 0) is 24.5 Å². The van der Waals surface area contributed by atoms with Crippen LogP contribution in [0.5, 0.6) is 0 Å². The molecular weight excluding hydrogens is 302 g/mol. The smallest absolute Gasteiger partial charge is 0.245 e. The third-order valence-electron chi connectivity index (χ3n) is 3.34. The van der Waals surface area contributed by atoms with Gasteiger partial charge in [0.2, 0.25) is 5.91 Å². The minimum absolute atomic E-state index is 0.0799. The van der Waals surface area contributed by atoms with Crippen molar-refractivity contribution in [2.75, 3.05) is 4.90 Å². The average Bonchev–Trinajstić information content (AvgIpc) is 2.62. The summed E-state index contributed by atoms with van der Waals surface area (Å²) in [6, 6.07) is 2.56. The van der Waals surface area contributed by atoms with Crippen LogP contribution in [0.15, 0.2) is 12.1 Å². The number of rotatable bonds is 1. The van der Waals surface area contributed by atoms with Gasteiger partial charge in [-0.15, -0.1) is 0 Å². The molecule has 3 nitrogen and oxygen atoms in total. The fraction of sp³-hybridized carbons (Fsp3) is 0.500. The Hall–Kier alpha value is -0.840. The summed E-state index contributed by atoms with van der Waals surface area (Å²) < 4.78 is 13.5. The standard InChI is InChI=1S/C14H17Cl2FN2O/c1-7-12(20)19(13(18-7)14(2,3)4)8-5-9(15)11(17)10(16)6-8/h5-7,13,18H,1-4H3/t7?,13-/m0/s1. The first-order chi connectivity index (χ1) is 9.12. The Balaban J connectivity index is 2.51. The van der Waals surface area contributed by atoms with Crippen molar-refractivity contribution in [3.63, 3.8) is 0 Å². The molecule has 0 aliphatic carbocycles. The van der Waals surface area contributed by atoms with Crippen LogP contribution >= 0.6 is 23.2 Å². The van der Waals surface area contributed by atoms with E-state index >= 15 is 0 Å². The molecule has 0 aromatic heterocycles. The number of nitrogens with one attached hydrogen (secondary N) is 1. The van der Waals surface area contributed by atoms with Gasteiger partial charge in [0.1, 0.15) is 0 Å². The van der Waals surface area contributed by atoms with Crippen LogP contribution in [-0.4, -0.2) is 18.1 Å². The van der Waals surface area contributed by atoms with E-state index in [9.17, 15) is 9.18 Å². The van der Waals surface area contributed by atoms with E-state index in [1.54, 1.807) is 11.8 Å². The van der Waals surface area contributed by atoms with Crippen LogP contribution < -0.4 is 10.2 Å². The van der Waals surface area contributed by atoms with E-state index in [0.29, 0.717) is 5.69 Å². The second kappa shape index (κ2) is 5.17. The van der Waals surface area contributed by atoms with Crippen molar-refractivity contribution in [1.29, 1.82) is 0 Å². The van der Waals surface area contributed by atoms with E-state index in [4.69, 9.17) is 23.2 Å². The molecule has 6 heteroatoms. The quantitative estimate of drug-likeness (QED) is 0.798. The highest BCUT2D eigenvalue weighted by molar-refractivity contribution is 6.35. The van der Waals surface area contributed by atoms with E-state index in [1.807, 2.05) is 20.8 Å². The molecule has 20 heavy (non-hydrogen) atoms. The molecule has 1 unspecified atom stereocenters. The summed E-state index contributed by atoms with van der Waals surface area (Å²) in [6.45, 7) is 7.87. The predicted octanol–water partition coefficient (Wildman–Crippen LogP) is 3.83. The van der Waals surface area contributed by atoms with E-state index in [0.717, 1.165) is 0 Å². The number of halogens is 3. The van der Waals surface area contributed by atoms with Crippen molar-refractivity contribution in [3.05, 3.63) is 28.0 Å². The van der Waals surface area contributed by atoms with Gasteiger partial charge in [0, 0.05) is 5.69 Å². The summed E-state index contributed by atoms with van der Waals surface area (Å²) in [5.41, 5.74) is 0.316. The average molecular weight is 319 g/mol. The first kappa shape index (κ1) is 15.5. The Morgan fingerprint density at radius 2 is 1.75 bits per heavy atom. The molecule has 1 amide bonds. The molecule has 0 radical (unpaired) electrons. The Morgan fingerprint density at radius 3 is 2.20 bits per heavy atom. The molecule has 1 saturated heterocycles. The molecule has 1 aromatic carbocycles. The number of anilines is 1. The maximum atomic E-state index is 13.5. The van der Waals surface area contributed by atoms with Crippen molar-refractivity contribution in [2.24, 2.45) is 5.41 Å². The maximum Gasteiger partial charge on any atom is 0.245 e. The lowest BCUT2D eigenvalue weighted by atomic mass is 9.91. The van der Waals surface area contributed by atoms with Crippen LogP contribution in [0.1, 0.15) is 27.7 Å². The second-order valence-corrected chi connectivity index (χ2v) is 6.90. The minimum atomic E-state index is -0.669. The van der Waals surface area contributed by atoms with E-state index < -0.39 is 5.82 Å². The second-order valence-electron chi connectivity index (χ2n) is 6.09. The Labute approximate surface area is 128 Å². The first-order valence-electron chi connectivity index (χ1n) is 6.36. The number of carbonyl (C=O) groups is 1. The van der Waals surface area contributed by atoms with E-state index in [2.05, 4.69) is 5.32 Å². The fourth-order valence-electron chi connectivity index (χ4n) is 2.31. The van der Waals surface area contributed by atoms with Crippen molar-refractivity contribution >= 4 is 34.8 Å². The van der Waals surface area contributed by atoms with Gasteiger partial charge < -0.3 is 0 Å². The van der Waals surface area contributed by atoms with Gasteiger partial charge in [0.15, 0.2) is 5.82 Å². The molecule has 0 bridgehead atoms. The Morgan fingerprint density at radius 1 is 1.25 bits per heavy atom. The monoisotopic (exact) mass is 318 g/mol. The topological polar surface area (TPSA) is 32.3 Å². The van der Waals surface area contributed by atoms with Gasteiger partial charge in [0.25, 0.3) is 0 Å². The van der Waals surface area contributed by atoms with Gasteiger partial charge in [-0.25, -0.2) is 4.39 Å². The molecule has 0 spiro atoms. The fourth-order valence-corrected chi connectivity index (χ4v) is 2.79. The summed E-state index contributed by atoms with van der Waals surface area (Å²) in [6.07, 6.45) is -0.206. The van der Waals surface area contributed by atoms with Crippen LogP contribution in [0.4, 0.5) is 10.1 Å². The predicted molar refractivity (Wildman–Crippen MR) is 79.7 cm³/mol. The van der Waals surface area contributed by atoms with Crippen LogP contribution in [0.25, 0.3) is 0 Å². The van der Waals surface area contributed by atoms with Gasteiger partial charge in [-0.1, -0.05) is 44.0 Å². The lowest BCUT2D eigenvalue weighted by Crippen LogP contribution is -2.47. The zero-order valence-electron chi connectivity index (χ0n) is 11.8. The van der Waals surface area contributed by atoms with Crippen molar-refractivity contribution in [1.82, 2.24) is 5.32 Å². The summed E-state index contributed by atoms with van der Waals surface area (Å²) in [4.78, 5) is 14.0. The molecule has 110 valence electrons. The summed E-state index contributed by atoms with van der Waals surface area (Å²) >= 11 is 11.7. The normalized spacial score (nSPS) is 23.6. The van der Waals surface area contributed by atoms with Crippen LogP contribution in [0.2, 0.25) is 10.0 Å². The van der Waals surface area contributed by atoms with Crippen LogP contribution in [0, 0.1) is 11.2 Å². The van der Waals surface area contributed by atoms with Crippen LogP contribution in [0.3, 0.4) is 0 Å². The molecule has 1 aliphatic rings. The number of hydrogen-bond donors (Lipinski definition) is 1. The lowest BCUT2D eigenvalue weighted by molar-refractivity contribution is -0.118. The van der Waals surface area contributed by atoms with Crippen molar-refractivity contribution < 1.29 is 9.18 Å². The SMILES string of the molecule is CC1N[C@H](C(C)(C)C)N(c2cc(Cl)c(F)c(Cl)c2)C1=O. The summed E-state index contributed by atoms with van der Waals surface area (Å²) in [7, 11) is 0. The Kier molecular flexibility index (Phi) is 4.02. The minimum Gasteiger partial charge on any atom is -0.294 e. The number of nitrogens with zero attached hydrogens (tertiary/aromatic N) is 1. The first-order valence-corrected chi connectivity index (χ1v) is 7.12. The number of carbonyl (C=O) groups excluding carboxylic acids is 1. The lowest BCUT2D eigenvalue weighted by Gasteiger charge is -2.34. The highest BCUT2D eigenvalue weighted by Crippen LogP contribution is 2.36. The van der Waals surface area contributed by atoms with Crippen molar-refractivity contribution in [3.8, 4) is 0 Å². The maximum absolute atomic E-state index is 13.5. The third-order valence-corrected chi connectivity index (χ3v) is 3.89. The molecule has 1 aromatic rings. The van der Waals surface area contributed by atoms with Gasteiger partial charge in [-0.2, -0.15) is 0 Å². The molecule has 1 aliphatic heterocycles. The van der Waals surface area contributed by atoms with E-state index in [-0.39, 0.29) is 33.6 Å². The molecular formula is C14H17Cl2FN2O. The molecule has 2 rings (SSSR count). The largest absolute Gasteiger partial charge is 0.294 e. The molecule has 1 fully saturated rings. The molecule has 0 saturated carbocycles. The Bertz CT molecular complexity index is 534. The van der Waals surface area contributed by atoms with Crippen LogP contribution in [-0.2, 0) is 4.79 Å². The zero-order valence-corrected chi connectivity index (χ0v) is 13.3. The molecule has 1 heterocycles. The van der Waals surface area contributed by atoms with Crippen molar-refractivity contribution in [2.45, 2.75) is 39.9 Å². The van der Waals surface area contributed by atoms with Gasteiger partial charge >= 0.3 is 0 Å². The number of benzene rings is 1. The summed E-state index contributed by atoms with van der Waals surface area (Å²) in [5.74, 6) is -0.749. The summed E-state index contributed by atoms with van der Waals surface area (Å²) in [5, 5.41) is 3.06. The zero-order chi connectivity index (χ0) is 15.2. The number of amides is 1. The highest BCUT2D eigenvalue weighted by Gasteiger charge is 2.43. The highest BCUT2D eigenvalue weighted by atomic mass is 35.5. The van der Waals surface area contributed by atoms with E-state index in [1.165, 1.54) is 12.1 Å². The molecule has 2 atom stereocenters. The third kappa shape index (κ3) is 2.65. The van der Waals surface area contributed by atoms with Gasteiger partial charge in [-0.3, -0.25) is 15.0 Å². The van der Waals surface area contributed by atoms with Gasteiger partial charge in [0.05, 0.1) is 22.3 Å².